The average Bonchev–Trinajstić information content (AvgIpc) is 2.14. The highest BCUT2D eigenvalue weighted by atomic mass is 32.3. The van der Waals surface area contributed by atoms with Crippen LogP contribution in [0.2, 0.25) is 0 Å². The van der Waals surface area contributed by atoms with Gasteiger partial charge in [0.2, 0.25) is 0 Å². The number of alkyl halides is 6. The number of hydrogen-bond donors (Lipinski definition) is 1. The van der Waals surface area contributed by atoms with Crippen molar-refractivity contribution in [2.24, 2.45) is 0 Å². The van der Waals surface area contributed by atoms with Crippen LogP contribution in [-0.4, -0.2) is 34.4 Å². The van der Waals surface area contributed by atoms with Crippen LogP contribution in [0, 0.1) is 0 Å². The Labute approximate surface area is 111 Å². The van der Waals surface area contributed by atoms with Crippen molar-refractivity contribution >= 4 is 20.0 Å². The summed E-state index contributed by atoms with van der Waals surface area (Å²) in [6.07, 6.45) is 2.56. The van der Waals surface area contributed by atoms with E-state index in [1.165, 1.54) is 12.8 Å². The molecule has 0 aliphatic heterocycles. The van der Waals surface area contributed by atoms with E-state index in [4.69, 9.17) is 0 Å². The minimum Gasteiger partial charge on any atom is -0.421 e. The summed E-state index contributed by atoms with van der Waals surface area (Å²) in [6.45, 7) is 3.27. The van der Waals surface area contributed by atoms with Crippen LogP contribution in [0.3, 0.4) is 0 Å². The Kier molecular flexibility index (Phi) is 8.05. The monoisotopic (exact) mass is 354 g/mol. The second kappa shape index (κ2) is 7.42. The van der Waals surface area contributed by atoms with Crippen molar-refractivity contribution in [2.75, 3.05) is 6.54 Å². The molecule has 0 rings (SSSR count). The molecule has 0 aliphatic carbocycles. The fourth-order valence-corrected chi connectivity index (χ4v) is 2.17. The minimum atomic E-state index is -6.72. The van der Waals surface area contributed by atoms with Crippen LogP contribution in [0.5, 0.6) is 0 Å². The van der Waals surface area contributed by atoms with Crippen molar-refractivity contribution in [3.8, 4) is 0 Å². The van der Waals surface area contributed by atoms with Crippen molar-refractivity contribution in [1.82, 2.24) is 0 Å². The first-order valence-corrected chi connectivity index (χ1v) is 7.66. The van der Waals surface area contributed by atoms with Crippen LogP contribution in [0.1, 0.15) is 19.8 Å². The lowest BCUT2D eigenvalue weighted by atomic mass is 10.3. The summed E-state index contributed by atoms with van der Waals surface area (Å²) < 4.78 is 109. The molecule has 0 saturated heterocycles. The van der Waals surface area contributed by atoms with Crippen LogP contribution >= 0.6 is 0 Å². The van der Waals surface area contributed by atoms with Crippen LogP contribution in [-0.2, 0) is 20.0 Å². The molecule has 0 unspecified atom stereocenters. The SMILES string of the molecule is CCCC[NH3+].O=S(=O)([N-]S(=O)(=O)C(F)(F)F)C(F)(F)F. The number of rotatable bonds is 4. The Bertz CT molecular complexity index is 437. The third-order valence-electron chi connectivity index (χ3n) is 1.38. The lowest BCUT2D eigenvalue weighted by Crippen LogP contribution is -2.49. The maximum Gasteiger partial charge on any atom is 0.480 e. The molecule has 6 nitrogen and oxygen atoms in total. The number of nitrogens with zero attached hydrogens (tertiary/aromatic N) is 1. The van der Waals surface area contributed by atoms with Gasteiger partial charge in [0, 0.05) is 0 Å². The molecule has 0 amide bonds. The second-order valence-electron chi connectivity index (χ2n) is 3.12. The summed E-state index contributed by atoms with van der Waals surface area (Å²) in [6, 6.07) is 0. The summed E-state index contributed by atoms with van der Waals surface area (Å²) in [5.74, 6) is 0. The Hall–Kier alpha value is -0.600. The summed E-state index contributed by atoms with van der Waals surface area (Å²) in [4.78, 5) is 0. The normalized spacial score (nSPS) is 13.6. The Morgan fingerprint density at radius 1 is 0.900 bits per heavy atom. The lowest BCUT2D eigenvalue weighted by Gasteiger charge is -2.22. The number of sulfonamides is 2. The molecule has 0 fully saturated rings. The van der Waals surface area contributed by atoms with E-state index < -0.39 is 31.1 Å². The van der Waals surface area contributed by atoms with Gasteiger partial charge in [-0.15, -0.1) is 0 Å². The predicted molar refractivity (Wildman–Crippen MR) is 56.0 cm³/mol. The van der Waals surface area contributed by atoms with Crippen LogP contribution in [0.25, 0.3) is 4.13 Å². The molecule has 0 aromatic carbocycles. The first kappa shape index (κ1) is 21.7. The molecule has 0 heterocycles. The zero-order chi connectivity index (χ0) is 16.8. The minimum absolute atomic E-state index is 0.778. The average molecular weight is 354 g/mol. The molecule has 14 heteroatoms. The van der Waals surface area contributed by atoms with E-state index in [1.807, 2.05) is 0 Å². The molecule has 0 saturated carbocycles. The molecule has 20 heavy (non-hydrogen) atoms. The van der Waals surface area contributed by atoms with E-state index >= 15 is 0 Å². The number of unbranched alkanes of at least 4 members (excludes halogenated alkanes) is 1. The molecular weight excluding hydrogens is 342 g/mol. The fraction of sp³-hybridized carbons (Fsp3) is 1.00. The van der Waals surface area contributed by atoms with E-state index in [0.717, 1.165) is 10.7 Å². The Morgan fingerprint density at radius 2 is 1.20 bits per heavy atom. The van der Waals surface area contributed by atoms with E-state index in [9.17, 15) is 43.2 Å². The molecule has 0 bridgehead atoms. The van der Waals surface area contributed by atoms with Gasteiger partial charge in [-0.2, -0.15) is 26.3 Å². The van der Waals surface area contributed by atoms with E-state index in [-0.39, 0.29) is 0 Å². The van der Waals surface area contributed by atoms with Crippen molar-refractivity contribution in [1.29, 1.82) is 0 Å². The summed E-state index contributed by atoms with van der Waals surface area (Å²) in [5, 5.41) is 0. The van der Waals surface area contributed by atoms with Gasteiger partial charge in [0.1, 0.15) is 0 Å². The van der Waals surface area contributed by atoms with Crippen molar-refractivity contribution < 1.29 is 48.9 Å². The molecule has 0 spiro atoms. The van der Waals surface area contributed by atoms with Gasteiger partial charge in [0.25, 0.3) is 0 Å². The topological polar surface area (TPSA) is 110 Å². The van der Waals surface area contributed by atoms with Crippen molar-refractivity contribution in [3.05, 3.63) is 4.13 Å². The van der Waals surface area contributed by atoms with Gasteiger partial charge in [0.15, 0.2) is 20.0 Å². The highest BCUT2D eigenvalue weighted by Crippen LogP contribution is 2.36. The summed E-state index contributed by atoms with van der Waals surface area (Å²) >= 11 is 0. The smallest absolute Gasteiger partial charge is 0.421 e. The number of hydrogen-bond acceptors (Lipinski definition) is 4. The Morgan fingerprint density at radius 3 is 1.30 bits per heavy atom. The molecule has 124 valence electrons. The molecular formula is C6H12F6N2O4S2. The van der Waals surface area contributed by atoms with Crippen LogP contribution in [0.4, 0.5) is 26.3 Å². The standard InChI is InChI=1S/C4H11N.C2F6NO4S2/c1-2-3-4-5;3-1(4,5)14(10,11)9-15(12,13)2(6,7)8/h2-5H2,1H3;/q;-1/p+1. The first-order chi connectivity index (χ1) is 8.62. The highest BCUT2D eigenvalue weighted by molar-refractivity contribution is 8.13. The molecule has 0 atom stereocenters. The van der Waals surface area contributed by atoms with Gasteiger partial charge >= 0.3 is 11.0 Å². The zero-order valence-corrected chi connectivity index (χ0v) is 11.6. The molecule has 0 aliphatic rings. The first-order valence-electron chi connectivity index (χ1n) is 4.78. The second-order valence-corrected chi connectivity index (χ2v) is 6.55. The maximum absolute atomic E-state index is 11.4. The maximum atomic E-state index is 11.4. The van der Waals surface area contributed by atoms with Gasteiger partial charge in [0.05, 0.1) is 6.54 Å². The lowest BCUT2D eigenvalue weighted by molar-refractivity contribution is -0.368. The predicted octanol–water partition coefficient (Wildman–Crippen LogP) is 1.09. The third kappa shape index (κ3) is 7.25. The van der Waals surface area contributed by atoms with E-state index in [1.54, 1.807) is 0 Å². The van der Waals surface area contributed by atoms with Crippen LogP contribution in [0.15, 0.2) is 0 Å². The largest absolute Gasteiger partial charge is 0.480 e. The zero-order valence-electron chi connectivity index (χ0n) is 9.99. The summed E-state index contributed by atoms with van der Waals surface area (Å²) in [7, 11) is -13.4. The van der Waals surface area contributed by atoms with Gasteiger partial charge in [-0.1, -0.05) is 13.3 Å². The Balaban J connectivity index is 0. The van der Waals surface area contributed by atoms with Gasteiger partial charge in [-0.05, 0) is 6.42 Å². The number of halogens is 6. The highest BCUT2D eigenvalue weighted by Gasteiger charge is 2.46. The molecule has 0 radical (unpaired) electrons. The molecule has 3 N–H and O–H groups in total. The summed E-state index contributed by atoms with van der Waals surface area (Å²) in [5.41, 5.74) is -8.73. The quantitative estimate of drug-likeness (QED) is 0.762. The van der Waals surface area contributed by atoms with Gasteiger partial charge in [-0.3, -0.25) is 0 Å². The molecule has 0 aromatic heterocycles. The van der Waals surface area contributed by atoms with Gasteiger partial charge in [-0.25, -0.2) is 16.8 Å². The van der Waals surface area contributed by atoms with E-state index in [2.05, 4.69) is 12.7 Å². The van der Waals surface area contributed by atoms with Crippen molar-refractivity contribution in [2.45, 2.75) is 30.8 Å². The van der Waals surface area contributed by atoms with Gasteiger partial charge < -0.3 is 9.86 Å². The fourth-order valence-electron chi connectivity index (χ4n) is 0.464. The third-order valence-corrected chi connectivity index (χ3v) is 4.12. The molecule has 0 aromatic rings. The van der Waals surface area contributed by atoms with Crippen molar-refractivity contribution in [3.63, 3.8) is 0 Å². The van der Waals surface area contributed by atoms with Crippen LogP contribution < -0.4 is 5.73 Å². The number of quaternary nitrogens is 1. The van der Waals surface area contributed by atoms with E-state index in [0.29, 0.717) is 0 Å².